The molecule has 0 heterocycles. The molecule has 0 fully saturated rings. The van der Waals surface area contributed by atoms with Gasteiger partial charge in [-0.1, -0.05) is 56.3 Å². The summed E-state index contributed by atoms with van der Waals surface area (Å²) in [6.07, 6.45) is 11.3. The number of aliphatic imine (C=N–C) groups is 1. The molecule has 0 unspecified atom stereocenters. The summed E-state index contributed by atoms with van der Waals surface area (Å²) < 4.78 is 0. The molecule has 2 aromatic rings. The Hall–Kier alpha value is -4.22. The number of anilines is 1. The van der Waals surface area contributed by atoms with Crippen molar-refractivity contribution in [3.63, 3.8) is 0 Å². The van der Waals surface area contributed by atoms with E-state index in [1.807, 2.05) is 90.0 Å². The van der Waals surface area contributed by atoms with E-state index in [4.69, 9.17) is 9.59 Å². The number of amidine groups is 1. The molecule has 3 N–H and O–H groups in total. The van der Waals surface area contributed by atoms with Crippen molar-refractivity contribution in [3.05, 3.63) is 71.4 Å². The molecule has 8 nitrogen and oxygen atoms in total. The van der Waals surface area contributed by atoms with Crippen molar-refractivity contribution < 1.29 is 19.5 Å². The first-order valence-electron chi connectivity index (χ1n) is 11.4. The lowest BCUT2D eigenvalue weighted by atomic mass is 10.2. The van der Waals surface area contributed by atoms with Crippen LogP contribution >= 0.6 is 0 Å². The lowest BCUT2D eigenvalue weighted by Crippen LogP contribution is -2.26. The second-order valence-electron chi connectivity index (χ2n) is 6.68. The zero-order valence-corrected chi connectivity index (χ0v) is 23.5. The number of hydrogen-bond acceptors (Lipinski definition) is 7. The highest BCUT2D eigenvalue weighted by molar-refractivity contribution is 6.08. The normalized spacial score (nSPS) is 9.38. The average Bonchev–Trinajstić information content (AvgIpc) is 2.93. The van der Waals surface area contributed by atoms with Crippen LogP contribution in [0.15, 0.2) is 65.3 Å². The molecule has 0 aromatic heterocycles. The van der Waals surface area contributed by atoms with Crippen molar-refractivity contribution in [3.8, 4) is 18.6 Å². The van der Waals surface area contributed by atoms with Crippen LogP contribution in [0.5, 0.6) is 5.75 Å². The monoisotopic (exact) mass is 512 g/mol. The topological polar surface area (TPSA) is 111 Å². The van der Waals surface area contributed by atoms with Gasteiger partial charge < -0.3 is 30.2 Å². The van der Waals surface area contributed by atoms with Crippen LogP contribution in [0.3, 0.4) is 0 Å². The molecule has 0 radical (unpaired) electrons. The number of carbonyl (C=O) groups is 3. The number of allylic oxidation sites excluding steroid dienone is 1. The predicted octanol–water partition coefficient (Wildman–Crippen LogP) is 4.81. The fraction of sp³-hybridized carbons (Fsp3) is 0.310. The van der Waals surface area contributed by atoms with Crippen molar-refractivity contribution >= 4 is 30.9 Å². The summed E-state index contributed by atoms with van der Waals surface area (Å²) in [6.45, 7) is 10.0. The molecule has 0 atom stereocenters. The lowest BCUT2D eigenvalue weighted by molar-refractivity contribution is -0.106. The predicted molar refractivity (Wildman–Crippen MR) is 157 cm³/mol. The zero-order chi connectivity index (χ0) is 29.6. The van der Waals surface area contributed by atoms with Gasteiger partial charge in [0.15, 0.2) is 6.29 Å². The standard InChI is InChI=1S/C19H21N3O2.C3H9N.C2H4O.C2H6.C2H2.CH2O/c1-3-16(21-12-14-8-5-4-6-9-14)19(20-2)22-17-11-7-10-15(13-23)18(17)24;1-4(2)3;1-2-3;3*1-2/h3-11,13,21,24H,12H2,1-2H3,(H,20,22);1-3H3;2H,1H3;1-2H3;1-2H;1H2/b16-3+;;;;;. The number of nitrogens with zero attached hydrogens (tertiary/aromatic N) is 2. The molecule has 37 heavy (non-hydrogen) atoms. The summed E-state index contributed by atoms with van der Waals surface area (Å²) in [4.78, 5) is 34.0. The summed E-state index contributed by atoms with van der Waals surface area (Å²) >= 11 is 0. The van der Waals surface area contributed by atoms with Crippen LogP contribution in [-0.2, 0) is 16.1 Å². The van der Waals surface area contributed by atoms with Crippen LogP contribution in [0.4, 0.5) is 5.69 Å². The molecule has 0 aliphatic heterocycles. The molecular formula is C29H44N4O4. The number of aldehydes is 2. The third kappa shape index (κ3) is 20.8. The smallest absolute Gasteiger partial charge is 0.153 e. The molecule has 8 heteroatoms. The Morgan fingerprint density at radius 1 is 1.00 bits per heavy atom. The Morgan fingerprint density at radius 2 is 1.49 bits per heavy atom. The van der Waals surface area contributed by atoms with Crippen molar-refractivity contribution in [1.82, 2.24) is 10.2 Å². The number of aromatic hydroxyl groups is 1. The Kier molecular flexibility index (Phi) is 32.2. The minimum Gasteiger partial charge on any atom is -0.505 e. The number of phenolic OH excluding ortho intramolecular Hbond substituents is 1. The molecule has 0 aliphatic carbocycles. The van der Waals surface area contributed by atoms with Crippen LogP contribution in [-0.4, -0.2) is 63.4 Å². The van der Waals surface area contributed by atoms with Crippen LogP contribution < -0.4 is 10.6 Å². The second-order valence-corrected chi connectivity index (χ2v) is 6.68. The maximum atomic E-state index is 10.9. The third-order valence-corrected chi connectivity index (χ3v) is 3.54. The van der Waals surface area contributed by atoms with E-state index in [0.29, 0.717) is 24.4 Å². The molecule has 0 bridgehead atoms. The van der Waals surface area contributed by atoms with E-state index in [-0.39, 0.29) is 11.3 Å². The summed E-state index contributed by atoms with van der Waals surface area (Å²) in [5.74, 6) is 0.485. The molecule has 2 rings (SSSR count). The maximum Gasteiger partial charge on any atom is 0.153 e. The molecule has 204 valence electrons. The average molecular weight is 513 g/mol. The van der Waals surface area contributed by atoms with E-state index in [2.05, 4.69) is 28.5 Å². The maximum absolute atomic E-state index is 10.9. The Bertz CT molecular complexity index is 906. The van der Waals surface area contributed by atoms with Crippen LogP contribution in [0.1, 0.15) is 43.6 Å². The first-order valence-corrected chi connectivity index (χ1v) is 11.4. The van der Waals surface area contributed by atoms with Gasteiger partial charge in [0.2, 0.25) is 0 Å². The fourth-order valence-corrected chi connectivity index (χ4v) is 2.24. The van der Waals surface area contributed by atoms with Gasteiger partial charge in [0, 0.05) is 13.6 Å². The van der Waals surface area contributed by atoms with E-state index in [1.54, 1.807) is 25.2 Å². The third-order valence-electron chi connectivity index (χ3n) is 3.54. The van der Waals surface area contributed by atoms with E-state index >= 15 is 0 Å². The van der Waals surface area contributed by atoms with Crippen LogP contribution in [0, 0.1) is 12.8 Å². The summed E-state index contributed by atoms with van der Waals surface area (Å²) in [5.41, 5.74) is 2.62. The van der Waals surface area contributed by atoms with Crippen LogP contribution in [0.2, 0.25) is 0 Å². The van der Waals surface area contributed by atoms with E-state index in [1.165, 1.54) is 6.92 Å². The number of hydrogen-bond donors (Lipinski definition) is 3. The SMILES string of the molecule is C#C.C/C=C(/NCc1ccccc1)C(=NC)Nc1cccc(C=O)c1O.C=O.CC.CC=O.CN(C)C. The molecule has 2 aromatic carbocycles. The van der Waals surface area contributed by atoms with Gasteiger partial charge in [-0.05, 0) is 52.7 Å². The first-order chi connectivity index (χ1) is 17.8. The lowest BCUT2D eigenvalue weighted by Gasteiger charge is -2.16. The van der Waals surface area contributed by atoms with Crippen molar-refractivity contribution in [1.29, 1.82) is 0 Å². The van der Waals surface area contributed by atoms with Gasteiger partial charge in [0.1, 0.15) is 24.7 Å². The second kappa shape index (κ2) is 29.8. The van der Waals surface area contributed by atoms with Gasteiger partial charge in [-0.15, -0.1) is 12.8 Å². The van der Waals surface area contributed by atoms with E-state index in [0.717, 1.165) is 17.5 Å². The van der Waals surface area contributed by atoms with E-state index in [9.17, 15) is 9.90 Å². The molecule has 0 amide bonds. The van der Waals surface area contributed by atoms with Gasteiger partial charge in [-0.3, -0.25) is 9.79 Å². The summed E-state index contributed by atoms with van der Waals surface area (Å²) in [6, 6.07) is 15.0. The number of phenols is 1. The van der Waals surface area contributed by atoms with Gasteiger partial charge in [-0.25, -0.2) is 0 Å². The van der Waals surface area contributed by atoms with Crippen molar-refractivity contribution in [2.45, 2.75) is 34.2 Å². The minimum absolute atomic E-state index is 0.0906. The summed E-state index contributed by atoms with van der Waals surface area (Å²) in [7, 11) is 7.66. The Labute approximate surface area is 223 Å². The van der Waals surface area contributed by atoms with E-state index < -0.39 is 0 Å². The van der Waals surface area contributed by atoms with Crippen molar-refractivity contribution in [2.24, 2.45) is 4.99 Å². The number of para-hydroxylation sites is 1. The Morgan fingerprint density at radius 3 is 1.89 bits per heavy atom. The van der Waals surface area contributed by atoms with Crippen LogP contribution in [0.25, 0.3) is 0 Å². The number of benzene rings is 2. The molecule has 0 aliphatic rings. The van der Waals surface area contributed by atoms with Gasteiger partial charge in [-0.2, -0.15) is 0 Å². The number of carbonyl (C=O) groups excluding carboxylic acids is 3. The van der Waals surface area contributed by atoms with Crippen molar-refractivity contribution in [2.75, 3.05) is 33.5 Å². The molecule has 0 saturated carbocycles. The highest BCUT2D eigenvalue weighted by Gasteiger charge is 2.11. The highest BCUT2D eigenvalue weighted by atomic mass is 16.3. The zero-order valence-electron chi connectivity index (χ0n) is 23.5. The van der Waals surface area contributed by atoms with Gasteiger partial charge >= 0.3 is 0 Å². The number of terminal acetylenes is 1. The first kappa shape index (κ1) is 40.0. The quantitative estimate of drug-likeness (QED) is 0.167. The fourth-order valence-electron chi connectivity index (χ4n) is 2.24. The highest BCUT2D eigenvalue weighted by Crippen LogP contribution is 2.26. The molecule has 0 spiro atoms. The number of rotatable bonds is 6. The minimum atomic E-state index is -0.0906. The molecular weight excluding hydrogens is 468 g/mol. The molecule has 0 saturated heterocycles. The Balaban J connectivity index is -0.000000356. The summed E-state index contributed by atoms with van der Waals surface area (Å²) in [5, 5.41) is 16.5. The number of nitrogens with one attached hydrogen (secondary N) is 2. The largest absolute Gasteiger partial charge is 0.505 e. The van der Waals surface area contributed by atoms with Gasteiger partial charge in [0.25, 0.3) is 0 Å². The van der Waals surface area contributed by atoms with Gasteiger partial charge in [0.05, 0.1) is 16.9 Å².